The van der Waals surface area contributed by atoms with Crippen LogP contribution >= 0.6 is 0 Å². The molecule has 2 aliphatic rings. The molecule has 1 saturated carbocycles. The number of unbranched alkanes of at least 4 members (excludes halogenated alkanes) is 1. The Hall–Kier alpha value is -1.22. The van der Waals surface area contributed by atoms with Crippen LogP contribution in [0.3, 0.4) is 0 Å². The van der Waals surface area contributed by atoms with Gasteiger partial charge in [-0.15, -0.1) is 0 Å². The lowest BCUT2D eigenvalue weighted by molar-refractivity contribution is -0.301. The van der Waals surface area contributed by atoms with Crippen molar-refractivity contribution < 1.29 is 34.6 Å². The van der Waals surface area contributed by atoms with E-state index in [1.807, 2.05) is 12.1 Å². The average Bonchev–Trinajstić information content (AvgIpc) is 3.26. The lowest BCUT2D eigenvalue weighted by Gasteiger charge is -2.39. The molecule has 5 atom stereocenters. The van der Waals surface area contributed by atoms with Gasteiger partial charge in [0.15, 0.2) is 6.29 Å². The molecule has 7 nitrogen and oxygen atoms in total. The first-order valence-electron chi connectivity index (χ1n) is 10.7. The molecular formula is C22H34O7. The molecule has 5 unspecified atom stereocenters. The van der Waals surface area contributed by atoms with Gasteiger partial charge < -0.3 is 34.6 Å². The van der Waals surface area contributed by atoms with Crippen LogP contribution in [0.2, 0.25) is 0 Å². The van der Waals surface area contributed by atoms with Gasteiger partial charge in [-0.25, -0.2) is 0 Å². The molecule has 0 radical (unpaired) electrons. The number of benzene rings is 1. The fourth-order valence-corrected chi connectivity index (χ4v) is 3.98. The van der Waals surface area contributed by atoms with E-state index in [0.717, 1.165) is 31.6 Å². The summed E-state index contributed by atoms with van der Waals surface area (Å²) in [5.74, 6) is 1.63. The highest BCUT2D eigenvalue weighted by Gasteiger charge is 2.43. The molecule has 0 aromatic heterocycles. The summed E-state index contributed by atoms with van der Waals surface area (Å²) in [6.07, 6.45) is 1.68. The lowest BCUT2D eigenvalue weighted by atomic mass is 9.99. The van der Waals surface area contributed by atoms with Crippen molar-refractivity contribution in [1.29, 1.82) is 0 Å². The summed E-state index contributed by atoms with van der Waals surface area (Å²) >= 11 is 0. The first-order valence-corrected chi connectivity index (χ1v) is 10.7. The zero-order valence-electron chi connectivity index (χ0n) is 16.9. The van der Waals surface area contributed by atoms with Gasteiger partial charge in [-0.3, -0.25) is 0 Å². The third-order valence-electron chi connectivity index (χ3n) is 5.87. The molecule has 164 valence electrons. The monoisotopic (exact) mass is 410 g/mol. The quantitative estimate of drug-likeness (QED) is 0.432. The molecule has 0 spiro atoms. The minimum atomic E-state index is -1.40. The number of rotatable bonds is 10. The molecule has 7 heteroatoms. The van der Waals surface area contributed by atoms with Crippen LogP contribution in [-0.2, 0) is 15.9 Å². The number of ether oxygens (including phenoxy) is 3. The fraction of sp³-hybridized carbons (Fsp3) is 0.727. The Bertz CT molecular complexity index is 585. The number of aliphatic hydroxyl groups excluding tert-OH is 4. The molecule has 3 rings (SSSR count). The third kappa shape index (κ3) is 6.38. The molecule has 0 amide bonds. The van der Waals surface area contributed by atoms with Crippen molar-refractivity contribution in [3.8, 4) is 5.75 Å². The molecule has 1 aromatic rings. The van der Waals surface area contributed by atoms with Gasteiger partial charge in [-0.05, 0) is 55.7 Å². The highest BCUT2D eigenvalue weighted by molar-refractivity contribution is 5.27. The predicted octanol–water partition coefficient (Wildman–Crippen LogP) is 1.39. The van der Waals surface area contributed by atoms with Crippen molar-refractivity contribution in [3.05, 3.63) is 29.8 Å². The van der Waals surface area contributed by atoms with E-state index in [1.165, 1.54) is 31.2 Å². The highest BCUT2D eigenvalue weighted by atomic mass is 16.7. The number of aliphatic hydroxyl groups is 4. The van der Waals surface area contributed by atoms with Crippen molar-refractivity contribution >= 4 is 0 Å². The normalized spacial score (nSPS) is 30.6. The summed E-state index contributed by atoms with van der Waals surface area (Å²) in [7, 11) is 0. The standard InChI is InChI=1S/C22H34O7/c23-13-18-19(24)20(25)21(26)22(29-18)27-12-4-3-5-15-8-10-17(11-9-15)28-14-16-6-1-2-7-16/h8-11,16,18-26H,1-7,12-14H2. The van der Waals surface area contributed by atoms with Gasteiger partial charge in [0.05, 0.1) is 13.2 Å². The summed E-state index contributed by atoms with van der Waals surface area (Å²) in [5.41, 5.74) is 1.23. The average molecular weight is 411 g/mol. The van der Waals surface area contributed by atoms with Crippen molar-refractivity contribution in [3.63, 3.8) is 0 Å². The van der Waals surface area contributed by atoms with E-state index in [0.29, 0.717) is 12.5 Å². The van der Waals surface area contributed by atoms with Crippen LogP contribution in [0, 0.1) is 5.92 Å². The van der Waals surface area contributed by atoms with Gasteiger partial charge in [-0.2, -0.15) is 0 Å². The number of hydrogen-bond donors (Lipinski definition) is 4. The molecule has 1 heterocycles. The van der Waals surface area contributed by atoms with Crippen molar-refractivity contribution in [1.82, 2.24) is 0 Å². The first kappa shape index (κ1) is 22.5. The molecule has 1 aliphatic heterocycles. The zero-order chi connectivity index (χ0) is 20.6. The Morgan fingerprint density at radius 3 is 2.34 bits per heavy atom. The van der Waals surface area contributed by atoms with E-state index in [2.05, 4.69) is 12.1 Å². The van der Waals surface area contributed by atoms with E-state index in [1.54, 1.807) is 0 Å². The second kappa shape index (κ2) is 11.2. The van der Waals surface area contributed by atoms with Crippen LogP contribution < -0.4 is 4.74 Å². The van der Waals surface area contributed by atoms with Crippen molar-refractivity contribution in [2.45, 2.75) is 75.7 Å². The molecule has 1 saturated heterocycles. The van der Waals surface area contributed by atoms with E-state index >= 15 is 0 Å². The van der Waals surface area contributed by atoms with Crippen molar-refractivity contribution in [2.24, 2.45) is 5.92 Å². The van der Waals surface area contributed by atoms with Crippen LogP contribution in [0.15, 0.2) is 24.3 Å². The lowest BCUT2D eigenvalue weighted by Crippen LogP contribution is -2.59. The summed E-state index contributed by atoms with van der Waals surface area (Å²) in [4.78, 5) is 0. The maximum absolute atomic E-state index is 9.94. The van der Waals surface area contributed by atoms with Crippen LogP contribution in [0.1, 0.15) is 44.1 Å². The SMILES string of the molecule is OCC1OC(OCCCCc2ccc(OCC3CCCC3)cc2)C(O)C(O)C1O. The Balaban J connectivity index is 1.32. The van der Waals surface area contributed by atoms with Crippen molar-refractivity contribution in [2.75, 3.05) is 19.8 Å². The van der Waals surface area contributed by atoms with E-state index in [9.17, 15) is 20.4 Å². The Morgan fingerprint density at radius 2 is 1.66 bits per heavy atom. The molecule has 29 heavy (non-hydrogen) atoms. The van der Waals surface area contributed by atoms with Crippen LogP contribution in [-0.4, -0.2) is 71.0 Å². The molecule has 2 fully saturated rings. The Kier molecular flexibility index (Phi) is 8.71. The van der Waals surface area contributed by atoms with Gasteiger partial charge in [0.2, 0.25) is 0 Å². The minimum Gasteiger partial charge on any atom is -0.493 e. The molecule has 0 bridgehead atoms. The molecule has 1 aliphatic carbocycles. The molecule has 1 aromatic carbocycles. The topological polar surface area (TPSA) is 109 Å². The van der Waals surface area contributed by atoms with Gasteiger partial charge >= 0.3 is 0 Å². The first-order chi connectivity index (χ1) is 14.1. The highest BCUT2D eigenvalue weighted by Crippen LogP contribution is 2.26. The van der Waals surface area contributed by atoms with E-state index in [-0.39, 0.29) is 0 Å². The van der Waals surface area contributed by atoms with E-state index < -0.39 is 37.3 Å². The summed E-state index contributed by atoms with van der Waals surface area (Å²) in [5, 5.41) is 38.6. The number of aryl methyl sites for hydroxylation is 1. The van der Waals surface area contributed by atoms with Crippen LogP contribution in [0.5, 0.6) is 5.75 Å². The second-order valence-electron chi connectivity index (χ2n) is 8.13. The van der Waals surface area contributed by atoms with Gasteiger partial charge in [0.1, 0.15) is 30.2 Å². The zero-order valence-corrected chi connectivity index (χ0v) is 16.9. The van der Waals surface area contributed by atoms with Gasteiger partial charge in [-0.1, -0.05) is 25.0 Å². The van der Waals surface area contributed by atoms with Gasteiger partial charge in [0.25, 0.3) is 0 Å². The largest absolute Gasteiger partial charge is 0.493 e. The predicted molar refractivity (Wildman–Crippen MR) is 107 cm³/mol. The summed E-state index contributed by atoms with van der Waals surface area (Å²) in [6, 6.07) is 8.22. The smallest absolute Gasteiger partial charge is 0.186 e. The summed E-state index contributed by atoms with van der Waals surface area (Å²) in [6.45, 7) is 0.713. The molecule has 4 N–H and O–H groups in total. The van der Waals surface area contributed by atoms with E-state index in [4.69, 9.17) is 14.2 Å². The summed E-state index contributed by atoms with van der Waals surface area (Å²) < 4.78 is 16.7. The molecular weight excluding hydrogens is 376 g/mol. The fourth-order valence-electron chi connectivity index (χ4n) is 3.98. The minimum absolute atomic E-state index is 0.352. The van der Waals surface area contributed by atoms with Gasteiger partial charge in [0, 0.05) is 6.61 Å². The maximum Gasteiger partial charge on any atom is 0.186 e. The Labute approximate surface area is 172 Å². The number of hydrogen-bond acceptors (Lipinski definition) is 7. The van der Waals surface area contributed by atoms with Crippen LogP contribution in [0.25, 0.3) is 0 Å². The van der Waals surface area contributed by atoms with Crippen LogP contribution in [0.4, 0.5) is 0 Å². The maximum atomic E-state index is 9.94. The second-order valence-corrected chi connectivity index (χ2v) is 8.13. The Morgan fingerprint density at radius 1 is 0.931 bits per heavy atom. The third-order valence-corrected chi connectivity index (χ3v) is 5.87.